The number of fused-ring (bicyclic) bond motifs is 7. The second-order valence-electron chi connectivity index (χ2n) is 12.3. The SMILES string of the molecule is c1ccc(N2c3ccccc3N(c3ccc(-n4ccc5ccc6c7ccccc7n(-c7ccccc7)c6c54)cc3)c3ccccc32)cc1. The monoisotopic (exact) mass is 614 g/mol. The molecule has 0 saturated carbocycles. The summed E-state index contributed by atoms with van der Waals surface area (Å²) in [6.07, 6.45) is 2.20. The van der Waals surface area contributed by atoms with Crippen LogP contribution in [0.25, 0.3) is 44.1 Å². The second-order valence-corrected chi connectivity index (χ2v) is 12.3. The summed E-state index contributed by atoms with van der Waals surface area (Å²) in [4.78, 5) is 4.74. The first-order chi connectivity index (χ1) is 23.8. The molecule has 4 nitrogen and oxygen atoms in total. The van der Waals surface area contributed by atoms with Crippen LogP contribution >= 0.6 is 0 Å². The van der Waals surface area contributed by atoms with Crippen LogP contribution in [0.4, 0.5) is 34.1 Å². The minimum absolute atomic E-state index is 1.12. The minimum atomic E-state index is 1.12. The first-order valence-corrected chi connectivity index (χ1v) is 16.4. The summed E-state index contributed by atoms with van der Waals surface area (Å²) in [5.41, 5.74) is 12.8. The van der Waals surface area contributed by atoms with Crippen molar-refractivity contribution in [1.82, 2.24) is 9.13 Å². The van der Waals surface area contributed by atoms with Gasteiger partial charge in [-0.15, -0.1) is 0 Å². The summed E-state index contributed by atoms with van der Waals surface area (Å²) in [5.74, 6) is 0. The van der Waals surface area contributed by atoms with Gasteiger partial charge in [0.25, 0.3) is 0 Å². The summed E-state index contributed by atoms with van der Waals surface area (Å²) < 4.78 is 4.76. The average Bonchev–Trinajstić information content (AvgIpc) is 3.74. The maximum atomic E-state index is 2.41. The van der Waals surface area contributed by atoms with E-state index in [9.17, 15) is 0 Å². The zero-order chi connectivity index (χ0) is 31.6. The fourth-order valence-electron chi connectivity index (χ4n) is 7.57. The topological polar surface area (TPSA) is 16.3 Å². The minimum Gasteiger partial charge on any atom is -0.315 e. The Balaban J connectivity index is 1.14. The number of rotatable bonds is 4. The second kappa shape index (κ2) is 10.5. The summed E-state index contributed by atoms with van der Waals surface area (Å²) in [5, 5.41) is 3.72. The van der Waals surface area contributed by atoms with E-state index in [1.165, 1.54) is 32.7 Å². The van der Waals surface area contributed by atoms with E-state index in [1.807, 2.05) is 0 Å². The van der Waals surface area contributed by atoms with Gasteiger partial charge in [0.1, 0.15) is 0 Å². The number of hydrogen-bond acceptors (Lipinski definition) is 2. The standard InChI is InChI=1S/C44H30N4/c1-3-13-33(14-4-1)46-39-19-9-11-21-41(39)47(42-22-12-10-20-40(42)46)35-26-24-32(25-27-35)45-30-29-31-23-28-37-36-17-7-8-18-38(36)48(44(37)43(31)45)34-15-5-2-6-16-34/h1-30H. The molecule has 226 valence electrons. The van der Waals surface area contributed by atoms with Gasteiger partial charge in [0, 0.05) is 45.1 Å². The molecule has 0 spiro atoms. The lowest BCUT2D eigenvalue weighted by Crippen LogP contribution is -2.23. The normalized spacial score (nSPS) is 12.5. The van der Waals surface area contributed by atoms with Crippen LogP contribution in [0.3, 0.4) is 0 Å². The molecule has 0 fully saturated rings. The molecule has 0 N–H and O–H groups in total. The van der Waals surface area contributed by atoms with Gasteiger partial charge < -0.3 is 18.9 Å². The lowest BCUT2D eigenvalue weighted by Gasteiger charge is -2.40. The van der Waals surface area contributed by atoms with Gasteiger partial charge in [-0.25, -0.2) is 0 Å². The lowest BCUT2D eigenvalue weighted by molar-refractivity contribution is 1.11. The van der Waals surface area contributed by atoms with Crippen LogP contribution in [0.2, 0.25) is 0 Å². The smallest absolute Gasteiger partial charge is 0.0788 e. The zero-order valence-electron chi connectivity index (χ0n) is 26.1. The highest BCUT2D eigenvalue weighted by atomic mass is 15.3. The zero-order valence-corrected chi connectivity index (χ0v) is 26.1. The molecule has 4 heteroatoms. The van der Waals surface area contributed by atoms with E-state index in [-0.39, 0.29) is 0 Å². The molecule has 0 aliphatic carbocycles. The lowest BCUT2D eigenvalue weighted by atomic mass is 10.0. The Hall–Kier alpha value is -6.52. The van der Waals surface area contributed by atoms with Crippen LogP contribution in [0.15, 0.2) is 182 Å². The molecule has 3 heterocycles. The van der Waals surface area contributed by atoms with E-state index in [1.54, 1.807) is 0 Å². The van der Waals surface area contributed by atoms with Gasteiger partial charge in [-0.05, 0) is 84.9 Å². The molecule has 0 unspecified atom stereocenters. The van der Waals surface area contributed by atoms with Crippen molar-refractivity contribution in [2.24, 2.45) is 0 Å². The van der Waals surface area contributed by atoms with Crippen molar-refractivity contribution in [3.05, 3.63) is 182 Å². The van der Waals surface area contributed by atoms with Crippen LogP contribution in [-0.2, 0) is 0 Å². The number of para-hydroxylation sites is 7. The fourth-order valence-corrected chi connectivity index (χ4v) is 7.57. The van der Waals surface area contributed by atoms with Crippen molar-refractivity contribution in [3.8, 4) is 11.4 Å². The van der Waals surface area contributed by atoms with Gasteiger partial charge >= 0.3 is 0 Å². The van der Waals surface area contributed by atoms with Crippen molar-refractivity contribution < 1.29 is 0 Å². The predicted octanol–water partition coefficient (Wildman–Crippen LogP) is 12.0. The molecular weight excluding hydrogens is 585 g/mol. The Kier molecular flexibility index (Phi) is 5.84. The summed E-state index contributed by atoms with van der Waals surface area (Å²) in [7, 11) is 0. The van der Waals surface area contributed by atoms with E-state index < -0.39 is 0 Å². The molecular formula is C44H30N4. The quantitative estimate of drug-likeness (QED) is 0.196. The highest BCUT2D eigenvalue weighted by Crippen LogP contribution is 2.53. The van der Waals surface area contributed by atoms with E-state index in [4.69, 9.17) is 0 Å². The molecule has 1 aliphatic rings. The molecule has 9 aromatic rings. The average molecular weight is 615 g/mol. The fraction of sp³-hybridized carbons (Fsp3) is 0. The molecule has 0 amide bonds. The van der Waals surface area contributed by atoms with Gasteiger partial charge in [-0.2, -0.15) is 0 Å². The van der Waals surface area contributed by atoms with E-state index >= 15 is 0 Å². The Morgan fingerprint density at radius 3 is 1.44 bits per heavy atom. The Morgan fingerprint density at radius 1 is 0.312 bits per heavy atom. The molecule has 48 heavy (non-hydrogen) atoms. The Morgan fingerprint density at radius 2 is 0.812 bits per heavy atom. The number of nitrogens with zero attached hydrogens (tertiary/aromatic N) is 4. The van der Waals surface area contributed by atoms with Crippen LogP contribution in [-0.4, -0.2) is 9.13 Å². The molecule has 0 atom stereocenters. The van der Waals surface area contributed by atoms with Crippen molar-refractivity contribution in [2.75, 3.05) is 9.80 Å². The van der Waals surface area contributed by atoms with Crippen LogP contribution < -0.4 is 9.80 Å². The number of benzene rings is 7. The van der Waals surface area contributed by atoms with Gasteiger partial charge in [0.05, 0.1) is 39.3 Å². The molecule has 10 rings (SSSR count). The summed E-state index contributed by atoms with van der Waals surface area (Å²) >= 11 is 0. The summed E-state index contributed by atoms with van der Waals surface area (Å²) in [6.45, 7) is 0. The van der Waals surface area contributed by atoms with Gasteiger partial charge in [0.2, 0.25) is 0 Å². The third kappa shape index (κ3) is 3.90. The molecule has 0 saturated heterocycles. The molecule has 1 aliphatic heterocycles. The number of anilines is 6. The largest absolute Gasteiger partial charge is 0.315 e. The van der Waals surface area contributed by atoms with Crippen molar-refractivity contribution in [2.45, 2.75) is 0 Å². The molecule has 0 bridgehead atoms. The molecule has 7 aromatic carbocycles. The van der Waals surface area contributed by atoms with E-state index in [0.717, 1.165) is 45.5 Å². The van der Waals surface area contributed by atoms with Gasteiger partial charge in [-0.3, -0.25) is 0 Å². The number of hydrogen-bond donors (Lipinski definition) is 0. The maximum absolute atomic E-state index is 2.41. The summed E-state index contributed by atoms with van der Waals surface area (Å²) in [6, 6.07) is 63.1. The highest BCUT2D eigenvalue weighted by Gasteiger charge is 2.30. The molecule has 0 radical (unpaired) electrons. The third-order valence-electron chi connectivity index (χ3n) is 9.63. The highest BCUT2D eigenvalue weighted by molar-refractivity contribution is 6.18. The maximum Gasteiger partial charge on any atom is 0.0788 e. The number of aromatic nitrogens is 2. The van der Waals surface area contributed by atoms with Gasteiger partial charge in [-0.1, -0.05) is 91.0 Å². The first kappa shape index (κ1) is 26.7. The van der Waals surface area contributed by atoms with Gasteiger partial charge in [0.15, 0.2) is 0 Å². The van der Waals surface area contributed by atoms with Crippen molar-refractivity contribution in [3.63, 3.8) is 0 Å². The van der Waals surface area contributed by atoms with E-state index in [2.05, 4.69) is 201 Å². The first-order valence-electron chi connectivity index (χ1n) is 16.4. The van der Waals surface area contributed by atoms with Crippen LogP contribution in [0.1, 0.15) is 0 Å². The van der Waals surface area contributed by atoms with E-state index in [0.29, 0.717) is 0 Å². The molecule has 2 aromatic heterocycles. The van der Waals surface area contributed by atoms with Crippen molar-refractivity contribution in [1.29, 1.82) is 0 Å². The third-order valence-corrected chi connectivity index (χ3v) is 9.63. The van der Waals surface area contributed by atoms with Crippen molar-refractivity contribution >= 4 is 66.8 Å². The Labute approximate surface area is 278 Å². The Bertz CT molecular complexity index is 2570. The predicted molar refractivity (Wildman–Crippen MR) is 201 cm³/mol. The van der Waals surface area contributed by atoms with Crippen LogP contribution in [0.5, 0.6) is 0 Å². The van der Waals surface area contributed by atoms with Crippen LogP contribution in [0, 0.1) is 0 Å².